The number of aromatic nitrogens is 2. The summed E-state index contributed by atoms with van der Waals surface area (Å²) in [5, 5.41) is 0. The van der Waals surface area contributed by atoms with Crippen molar-refractivity contribution in [2.24, 2.45) is 0 Å². The number of imidazole rings is 1. The standard InChI is InChI=1S/C17H25N3/c1-3-20-16-12-8-7-11-15(16)18-17(20)13-19(2)14-9-5-4-6-10-14/h7-8,11-12,14H,3-6,9-10,13H2,1-2H3. The Kier molecular flexibility index (Phi) is 4.06. The smallest absolute Gasteiger partial charge is 0.124 e. The highest BCUT2D eigenvalue weighted by Crippen LogP contribution is 2.24. The lowest BCUT2D eigenvalue weighted by Crippen LogP contribution is -2.33. The van der Waals surface area contributed by atoms with Crippen molar-refractivity contribution in [1.29, 1.82) is 0 Å². The molecule has 108 valence electrons. The van der Waals surface area contributed by atoms with Crippen LogP contribution in [-0.4, -0.2) is 27.5 Å². The molecule has 0 radical (unpaired) electrons. The van der Waals surface area contributed by atoms with Crippen LogP contribution in [0.3, 0.4) is 0 Å². The van der Waals surface area contributed by atoms with Crippen LogP contribution in [0, 0.1) is 0 Å². The fourth-order valence-electron chi connectivity index (χ4n) is 3.47. The van der Waals surface area contributed by atoms with Gasteiger partial charge in [-0.05, 0) is 38.9 Å². The van der Waals surface area contributed by atoms with Gasteiger partial charge in [0.1, 0.15) is 5.82 Å². The molecular weight excluding hydrogens is 246 g/mol. The second-order valence-electron chi connectivity index (χ2n) is 5.97. The van der Waals surface area contributed by atoms with Gasteiger partial charge in [-0.1, -0.05) is 31.4 Å². The van der Waals surface area contributed by atoms with Crippen molar-refractivity contribution in [3.63, 3.8) is 0 Å². The van der Waals surface area contributed by atoms with Gasteiger partial charge in [0.2, 0.25) is 0 Å². The van der Waals surface area contributed by atoms with Crippen LogP contribution in [0.5, 0.6) is 0 Å². The van der Waals surface area contributed by atoms with Crippen LogP contribution >= 0.6 is 0 Å². The van der Waals surface area contributed by atoms with Gasteiger partial charge >= 0.3 is 0 Å². The molecule has 1 fully saturated rings. The number of rotatable bonds is 4. The Bertz CT molecular complexity index is 567. The number of benzene rings is 1. The van der Waals surface area contributed by atoms with E-state index >= 15 is 0 Å². The summed E-state index contributed by atoms with van der Waals surface area (Å²) in [6.45, 7) is 4.17. The molecule has 0 amide bonds. The largest absolute Gasteiger partial charge is 0.327 e. The molecular formula is C17H25N3. The molecule has 0 unspecified atom stereocenters. The molecule has 0 spiro atoms. The van der Waals surface area contributed by atoms with E-state index in [-0.39, 0.29) is 0 Å². The SMILES string of the molecule is CCn1c(CN(C)C2CCCCC2)nc2ccccc21. The first-order valence-corrected chi connectivity index (χ1v) is 7.94. The van der Waals surface area contributed by atoms with Crippen LogP contribution < -0.4 is 0 Å². The maximum atomic E-state index is 4.84. The normalized spacial score (nSPS) is 17.1. The monoisotopic (exact) mass is 271 g/mol. The fourth-order valence-corrected chi connectivity index (χ4v) is 3.47. The first kappa shape index (κ1) is 13.6. The van der Waals surface area contributed by atoms with E-state index in [2.05, 4.69) is 47.7 Å². The molecule has 0 atom stereocenters. The molecule has 1 heterocycles. The van der Waals surface area contributed by atoms with Crippen molar-refractivity contribution in [3.8, 4) is 0 Å². The molecule has 3 nitrogen and oxygen atoms in total. The molecule has 1 aromatic carbocycles. The Morgan fingerprint density at radius 1 is 1.20 bits per heavy atom. The second-order valence-corrected chi connectivity index (χ2v) is 5.97. The number of nitrogens with zero attached hydrogens (tertiary/aromatic N) is 3. The minimum absolute atomic E-state index is 0.744. The first-order chi connectivity index (χ1) is 9.79. The van der Waals surface area contributed by atoms with E-state index in [4.69, 9.17) is 4.98 Å². The molecule has 1 aliphatic carbocycles. The van der Waals surface area contributed by atoms with E-state index in [1.54, 1.807) is 0 Å². The number of hydrogen-bond acceptors (Lipinski definition) is 2. The maximum absolute atomic E-state index is 4.84. The summed E-state index contributed by atoms with van der Waals surface area (Å²) in [4.78, 5) is 7.35. The molecule has 0 bridgehead atoms. The molecule has 0 N–H and O–H groups in total. The van der Waals surface area contributed by atoms with Gasteiger partial charge in [0.15, 0.2) is 0 Å². The van der Waals surface area contributed by atoms with E-state index < -0.39 is 0 Å². The van der Waals surface area contributed by atoms with Crippen LogP contribution in [0.15, 0.2) is 24.3 Å². The summed E-state index contributed by atoms with van der Waals surface area (Å²) in [5.41, 5.74) is 2.39. The third kappa shape index (κ3) is 2.59. The second kappa shape index (κ2) is 5.96. The van der Waals surface area contributed by atoms with Crippen molar-refractivity contribution < 1.29 is 0 Å². The van der Waals surface area contributed by atoms with Crippen molar-refractivity contribution in [1.82, 2.24) is 14.5 Å². The zero-order chi connectivity index (χ0) is 13.9. The van der Waals surface area contributed by atoms with Crippen LogP contribution in [0.1, 0.15) is 44.9 Å². The van der Waals surface area contributed by atoms with Gasteiger partial charge in [0, 0.05) is 12.6 Å². The summed E-state index contributed by atoms with van der Waals surface area (Å²) in [7, 11) is 2.26. The highest BCUT2D eigenvalue weighted by molar-refractivity contribution is 5.75. The van der Waals surface area contributed by atoms with Gasteiger partial charge < -0.3 is 4.57 Å². The fraction of sp³-hybridized carbons (Fsp3) is 0.588. The lowest BCUT2D eigenvalue weighted by atomic mass is 9.94. The van der Waals surface area contributed by atoms with Crippen LogP contribution in [0.25, 0.3) is 11.0 Å². The molecule has 3 rings (SSSR count). The zero-order valence-corrected chi connectivity index (χ0v) is 12.7. The number of fused-ring (bicyclic) bond motifs is 1. The topological polar surface area (TPSA) is 21.1 Å². The number of aryl methyl sites for hydroxylation is 1. The summed E-state index contributed by atoms with van der Waals surface area (Å²) in [5.74, 6) is 1.21. The van der Waals surface area contributed by atoms with Crippen LogP contribution in [0.2, 0.25) is 0 Å². The van der Waals surface area contributed by atoms with E-state index in [0.29, 0.717) is 0 Å². The highest BCUT2D eigenvalue weighted by Gasteiger charge is 2.20. The zero-order valence-electron chi connectivity index (χ0n) is 12.7. The number of para-hydroxylation sites is 2. The van der Waals surface area contributed by atoms with Gasteiger partial charge in [0.05, 0.1) is 17.6 Å². The summed E-state index contributed by atoms with van der Waals surface area (Å²) in [6, 6.07) is 9.21. The molecule has 0 saturated heterocycles. The van der Waals surface area contributed by atoms with E-state index in [1.165, 1.54) is 43.4 Å². The summed E-state index contributed by atoms with van der Waals surface area (Å²) >= 11 is 0. The molecule has 1 aromatic heterocycles. The maximum Gasteiger partial charge on any atom is 0.124 e. The lowest BCUT2D eigenvalue weighted by molar-refractivity contribution is 0.179. The lowest BCUT2D eigenvalue weighted by Gasteiger charge is -2.30. The Balaban J connectivity index is 1.82. The highest BCUT2D eigenvalue weighted by atomic mass is 15.2. The summed E-state index contributed by atoms with van der Waals surface area (Å²) < 4.78 is 2.36. The molecule has 2 aromatic rings. The van der Waals surface area contributed by atoms with Gasteiger partial charge in [-0.25, -0.2) is 4.98 Å². The Morgan fingerprint density at radius 2 is 1.95 bits per heavy atom. The minimum atomic E-state index is 0.744. The van der Waals surface area contributed by atoms with Gasteiger partial charge in [-0.2, -0.15) is 0 Å². The molecule has 0 aliphatic heterocycles. The van der Waals surface area contributed by atoms with Crippen molar-refractivity contribution in [2.45, 2.75) is 58.2 Å². The van der Waals surface area contributed by atoms with E-state index in [0.717, 1.165) is 24.6 Å². The third-order valence-electron chi connectivity index (χ3n) is 4.64. The van der Waals surface area contributed by atoms with Crippen LogP contribution in [0.4, 0.5) is 0 Å². The summed E-state index contributed by atoms with van der Waals surface area (Å²) in [6.07, 6.45) is 6.89. The number of hydrogen-bond donors (Lipinski definition) is 0. The van der Waals surface area contributed by atoms with Crippen molar-refractivity contribution in [2.75, 3.05) is 7.05 Å². The Labute approximate surface area is 121 Å². The Hall–Kier alpha value is -1.35. The predicted octanol–water partition coefficient (Wildman–Crippen LogP) is 3.82. The first-order valence-electron chi connectivity index (χ1n) is 7.94. The Morgan fingerprint density at radius 3 is 2.70 bits per heavy atom. The minimum Gasteiger partial charge on any atom is -0.327 e. The van der Waals surface area contributed by atoms with Gasteiger partial charge in [-0.3, -0.25) is 4.90 Å². The molecule has 20 heavy (non-hydrogen) atoms. The predicted molar refractivity (Wildman–Crippen MR) is 83.7 cm³/mol. The van der Waals surface area contributed by atoms with E-state index in [9.17, 15) is 0 Å². The van der Waals surface area contributed by atoms with Crippen molar-refractivity contribution >= 4 is 11.0 Å². The molecule has 1 saturated carbocycles. The average Bonchev–Trinajstić information content (AvgIpc) is 2.85. The average molecular weight is 271 g/mol. The molecule has 3 heteroatoms. The third-order valence-corrected chi connectivity index (χ3v) is 4.64. The van der Waals surface area contributed by atoms with E-state index in [1.807, 2.05) is 0 Å². The molecule has 1 aliphatic rings. The van der Waals surface area contributed by atoms with Gasteiger partial charge in [0.25, 0.3) is 0 Å². The van der Waals surface area contributed by atoms with Crippen molar-refractivity contribution in [3.05, 3.63) is 30.1 Å². The van der Waals surface area contributed by atoms with Crippen LogP contribution in [-0.2, 0) is 13.1 Å². The van der Waals surface area contributed by atoms with Gasteiger partial charge in [-0.15, -0.1) is 0 Å². The quantitative estimate of drug-likeness (QED) is 0.843.